The van der Waals surface area contributed by atoms with Crippen molar-refractivity contribution >= 4 is 44.5 Å². The number of thioether (sulfide) groups is 1. The first-order chi connectivity index (χ1) is 10.6. The van der Waals surface area contributed by atoms with Gasteiger partial charge in [-0.05, 0) is 24.3 Å². The van der Waals surface area contributed by atoms with Crippen LogP contribution < -0.4 is 0 Å². The number of rotatable bonds is 6. The maximum Gasteiger partial charge on any atom is 0.245 e. The quantitative estimate of drug-likeness (QED) is 0.784. The fraction of sp³-hybridized carbons (Fsp3) is 0.538. The van der Waals surface area contributed by atoms with Crippen molar-refractivity contribution in [1.29, 1.82) is 0 Å². The van der Waals surface area contributed by atoms with E-state index in [0.29, 0.717) is 24.2 Å². The number of hydrogen-bond donors (Lipinski definition) is 0. The molecule has 9 heteroatoms. The zero-order valence-corrected chi connectivity index (χ0v) is 14.6. The van der Waals surface area contributed by atoms with E-state index in [1.54, 1.807) is 41.4 Å². The molecule has 1 saturated heterocycles. The number of nitrogens with zero attached hydrogens (tertiary/aromatic N) is 3. The number of hydrogen-bond acceptors (Lipinski definition) is 7. The smallest absolute Gasteiger partial charge is 0.245 e. The molecule has 1 fully saturated rings. The van der Waals surface area contributed by atoms with Gasteiger partial charge < -0.3 is 4.74 Å². The molecular weight excluding hydrogens is 342 g/mol. The van der Waals surface area contributed by atoms with Crippen molar-refractivity contribution in [3.8, 4) is 0 Å². The van der Waals surface area contributed by atoms with Crippen LogP contribution in [0.2, 0.25) is 0 Å². The molecule has 1 aromatic carbocycles. The molecule has 0 N–H and O–H groups in total. The molecule has 22 heavy (non-hydrogen) atoms. The number of aromatic nitrogens is 2. The lowest BCUT2D eigenvalue weighted by molar-refractivity contribution is 0.169. The third-order valence-corrected chi connectivity index (χ3v) is 7.34. The van der Waals surface area contributed by atoms with Gasteiger partial charge in [0.1, 0.15) is 15.9 Å². The molecule has 1 aromatic heterocycles. The lowest BCUT2D eigenvalue weighted by atomic mass is 10.3. The lowest BCUT2D eigenvalue weighted by Gasteiger charge is -2.27. The van der Waals surface area contributed by atoms with E-state index in [0.717, 1.165) is 29.7 Å². The third kappa shape index (κ3) is 3.00. The van der Waals surface area contributed by atoms with E-state index in [-0.39, 0.29) is 10.9 Å². The van der Waals surface area contributed by atoms with E-state index in [2.05, 4.69) is 8.75 Å². The Morgan fingerprint density at radius 3 is 3.00 bits per heavy atom. The number of ether oxygens (including phenoxy) is 1. The minimum atomic E-state index is -3.61. The molecule has 2 aromatic rings. The standard InChI is InChI=1S/C13H17N3O3S3/c1-19-7-6-16(10-5-8-20-9-10)22(17,18)12-4-2-3-11-13(12)15-21-14-11/h2-4,10H,5-9H2,1H3. The Morgan fingerprint density at radius 1 is 1.41 bits per heavy atom. The van der Waals surface area contributed by atoms with Crippen LogP contribution in [-0.2, 0) is 14.8 Å². The van der Waals surface area contributed by atoms with Gasteiger partial charge >= 0.3 is 0 Å². The summed E-state index contributed by atoms with van der Waals surface area (Å²) < 4.78 is 41.2. The maximum absolute atomic E-state index is 13.1. The van der Waals surface area contributed by atoms with Crippen molar-refractivity contribution < 1.29 is 13.2 Å². The summed E-state index contributed by atoms with van der Waals surface area (Å²) in [5.74, 6) is 1.82. The SMILES string of the molecule is COCCN(C1CCSC1)S(=O)(=O)c1cccc2nsnc12. The van der Waals surface area contributed by atoms with Crippen molar-refractivity contribution in [3.63, 3.8) is 0 Å². The van der Waals surface area contributed by atoms with Crippen molar-refractivity contribution in [2.24, 2.45) is 0 Å². The molecule has 6 nitrogen and oxygen atoms in total. The van der Waals surface area contributed by atoms with Crippen LogP contribution >= 0.6 is 23.5 Å². The van der Waals surface area contributed by atoms with E-state index in [9.17, 15) is 8.42 Å². The molecule has 120 valence electrons. The first-order valence-electron chi connectivity index (χ1n) is 6.94. The van der Waals surface area contributed by atoms with Gasteiger partial charge in [0, 0.05) is 25.4 Å². The summed E-state index contributed by atoms with van der Waals surface area (Å²) in [4.78, 5) is 0.242. The van der Waals surface area contributed by atoms with Gasteiger partial charge in [-0.1, -0.05) is 6.07 Å². The number of fused-ring (bicyclic) bond motifs is 1. The highest BCUT2D eigenvalue weighted by atomic mass is 32.2. The topological polar surface area (TPSA) is 72.4 Å². The number of methoxy groups -OCH3 is 1. The summed E-state index contributed by atoms with van der Waals surface area (Å²) in [6, 6.07) is 5.13. The van der Waals surface area contributed by atoms with Gasteiger partial charge in [-0.2, -0.15) is 24.8 Å². The molecule has 1 aliphatic heterocycles. The normalized spacial score (nSPS) is 19.3. The van der Waals surface area contributed by atoms with Gasteiger partial charge in [-0.25, -0.2) is 8.42 Å². The zero-order valence-electron chi connectivity index (χ0n) is 12.1. The summed E-state index contributed by atoms with van der Waals surface area (Å²) in [6.45, 7) is 0.740. The number of benzene rings is 1. The molecule has 0 amide bonds. The van der Waals surface area contributed by atoms with Crippen LogP contribution in [0.25, 0.3) is 11.0 Å². The molecule has 3 rings (SSSR count). The Kier molecular flexibility index (Phi) is 4.98. The Labute approximate surface area is 138 Å². The summed E-state index contributed by atoms with van der Waals surface area (Å²) >= 11 is 2.82. The van der Waals surface area contributed by atoms with Crippen molar-refractivity contribution in [1.82, 2.24) is 13.1 Å². The van der Waals surface area contributed by atoms with Gasteiger partial charge in [0.25, 0.3) is 0 Å². The van der Waals surface area contributed by atoms with Crippen molar-refractivity contribution in [2.45, 2.75) is 17.4 Å². The van der Waals surface area contributed by atoms with Crippen molar-refractivity contribution in [3.05, 3.63) is 18.2 Å². The van der Waals surface area contributed by atoms with Gasteiger partial charge in [-0.15, -0.1) is 0 Å². The van der Waals surface area contributed by atoms with E-state index >= 15 is 0 Å². The minimum absolute atomic E-state index is 0.0204. The Bertz CT molecular complexity index is 741. The van der Waals surface area contributed by atoms with E-state index in [4.69, 9.17) is 4.74 Å². The maximum atomic E-state index is 13.1. The molecule has 0 aliphatic carbocycles. The molecule has 1 atom stereocenters. The highest BCUT2D eigenvalue weighted by Gasteiger charge is 2.34. The molecule has 1 aliphatic rings. The van der Waals surface area contributed by atoms with Gasteiger partial charge in [0.05, 0.1) is 18.3 Å². The van der Waals surface area contributed by atoms with Crippen molar-refractivity contribution in [2.75, 3.05) is 31.8 Å². The molecule has 0 bridgehead atoms. The molecule has 0 spiro atoms. The average Bonchev–Trinajstić information content (AvgIpc) is 3.18. The summed E-state index contributed by atoms with van der Waals surface area (Å²) in [6.07, 6.45) is 0.874. The summed E-state index contributed by atoms with van der Waals surface area (Å²) in [5, 5.41) is 0. The van der Waals surface area contributed by atoms with E-state index in [1.165, 1.54) is 0 Å². The first kappa shape index (κ1) is 16.1. The third-order valence-electron chi connectivity index (χ3n) is 3.66. The molecule has 0 radical (unpaired) electrons. The van der Waals surface area contributed by atoms with Crippen LogP contribution in [0.15, 0.2) is 23.1 Å². The van der Waals surface area contributed by atoms with Crippen LogP contribution in [0.3, 0.4) is 0 Å². The second-order valence-electron chi connectivity index (χ2n) is 5.01. The monoisotopic (exact) mass is 359 g/mol. The van der Waals surface area contributed by atoms with E-state index < -0.39 is 10.0 Å². The predicted octanol–water partition coefficient (Wildman–Crippen LogP) is 1.83. The Morgan fingerprint density at radius 2 is 2.27 bits per heavy atom. The summed E-state index contributed by atoms with van der Waals surface area (Å²) in [5.41, 5.74) is 1.08. The highest BCUT2D eigenvalue weighted by Crippen LogP contribution is 2.30. The van der Waals surface area contributed by atoms with Crippen LogP contribution in [0.4, 0.5) is 0 Å². The van der Waals surface area contributed by atoms with Crippen LogP contribution in [0, 0.1) is 0 Å². The molecular formula is C13H17N3O3S3. The lowest BCUT2D eigenvalue weighted by Crippen LogP contribution is -2.42. The van der Waals surface area contributed by atoms with Crippen LogP contribution in [-0.4, -0.2) is 59.3 Å². The summed E-state index contributed by atoms with van der Waals surface area (Å²) in [7, 11) is -2.03. The Balaban J connectivity index is 2.02. The second-order valence-corrected chi connectivity index (χ2v) is 8.55. The largest absolute Gasteiger partial charge is 0.383 e. The fourth-order valence-corrected chi connectivity index (χ4v) is 6.26. The molecule has 0 saturated carbocycles. The van der Waals surface area contributed by atoms with Gasteiger partial charge in [0.2, 0.25) is 10.0 Å². The fourth-order valence-electron chi connectivity index (χ4n) is 2.55. The molecule has 1 unspecified atom stereocenters. The molecule has 2 heterocycles. The van der Waals surface area contributed by atoms with Gasteiger partial charge in [0.15, 0.2) is 0 Å². The minimum Gasteiger partial charge on any atom is -0.383 e. The van der Waals surface area contributed by atoms with Crippen LogP contribution in [0.5, 0.6) is 0 Å². The number of sulfonamides is 1. The zero-order chi connectivity index (χ0) is 15.6. The van der Waals surface area contributed by atoms with Crippen LogP contribution in [0.1, 0.15) is 6.42 Å². The highest BCUT2D eigenvalue weighted by molar-refractivity contribution is 7.99. The first-order valence-corrected chi connectivity index (χ1v) is 10.3. The van der Waals surface area contributed by atoms with Gasteiger partial charge in [-0.3, -0.25) is 0 Å². The average molecular weight is 359 g/mol. The Hall–Kier alpha value is -0.740. The second kappa shape index (κ2) is 6.79. The van der Waals surface area contributed by atoms with E-state index in [1.807, 2.05) is 0 Å². The predicted molar refractivity (Wildman–Crippen MR) is 88.9 cm³/mol.